The van der Waals surface area contributed by atoms with E-state index in [1.165, 1.54) is 12.1 Å². The van der Waals surface area contributed by atoms with Gasteiger partial charge in [0, 0.05) is 23.0 Å². The standard InChI is InChI=1S/C19H18N4O2S/c1-3-18-17(19(23-22-18)15-9-10-21-13(2)11-15)8-7-14-5-4-6-16(12-14)26(20,24)25/h4-6,9-12H,3H2,1-2H3,(H,22,23)(H2,20,24,25). The van der Waals surface area contributed by atoms with Gasteiger partial charge in [-0.2, -0.15) is 5.10 Å². The average Bonchev–Trinajstić information content (AvgIpc) is 3.02. The van der Waals surface area contributed by atoms with Gasteiger partial charge in [0.2, 0.25) is 10.0 Å². The van der Waals surface area contributed by atoms with Gasteiger partial charge in [0.15, 0.2) is 0 Å². The van der Waals surface area contributed by atoms with Crippen LogP contribution in [0.25, 0.3) is 11.3 Å². The Bertz CT molecular complexity index is 1120. The predicted octanol–water partition coefficient (Wildman–Crippen LogP) is 2.39. The molecule has 3 N–H and O–H groups in total. The first-order valence-electron chi connectivity index (χ1n) is 8.03. The van der Waals surface area contributed by atoms with Crippen molar-refractivity contribution in [3.63, 3.8) is 0 Å². The maximum atomic E-state index is 11.5. The number of aryl methyl sites for hydroxylation is 2. The number of rotatable bonds is 3. The zero-order chi connectivity index (χ0) is 18.7. The highest BCUT2D eigenvalue weighted by Crippen LogP contribution is 2.24. The molecule has 0 aliphatic heterocycles. The van der Waals surface area contributed by atoms with E-state index < -0.39 is 10.0 Å². The first-order valence-corrected chi connectivity index (χ1v) is 9.58. The fraction of sp³-hybridized carbons (Fsp3) is 0.158. The number of benzene rings is 1. The van der Waals surface area contributed by atoms with E-state index in [9.17, 15) is 8.42 Å². The summed E-state index contributed by atoms with van der Waals surface area (Å²) in [7, 11) is -3.76. The van der Waals surface area contributed by atoms with Gasteiger partial charge < -0.3 is 0 Å². The van der Waals surface area contributed by atoms with Gasteiger partial charge in [-0.3, -0.25) is 10.1 Å². The molecule has 2 heterocycles. The number of aromatic amines is 1. The Hall–Kier alpha value is -2.95. The molecule has 6 nitrogen and oxygen atoms in total. The van der Waals surface area contributed by atoms with Crippen molar-refractivity contribution in [1.82, 2.24) is 15.2 Å². The minimum atomic E-state index is -3.76. The van der Waals surface area contributed by atoms with E-state index in [2.05, 4.69) is 27.0 Å². The van der Waals surface area contributed by atoms with Crippen LogP contribution >= 0.6 is 0 Å². The van der Waals surface area contributed by atoms with Crippen molar-refractivity contribution in [2.24, 2.45) is 5.14 Å². The zero-order valence-corrected chi connectivity index (χ0v) is 15.3. The summed E-state index contributed by atoms with van der Waals surface area (Å²) in [6.07, 6.45) is 2.48. The van der Waals surface area contributed by atoms with Crippen molar-refractivity contribution >= 4 is 10.0 Å². The normalized spacial score (nSPS) is 11.0. The number of sulfonamides is 1. The lowest BCUT2D eigenvalue weighted by atomic mass is 10.0. The monoisotopic (exact) mass is 366 g/mol. The molecule has 0 aliphatic rings. The highest BCUT2D eigenvalue weighted by atomic mass is 32.2. The third-order valence-corrected chi connectivity index (χ3v) is 4.77. The fourth-order valence-electron chi connectivity index (χ4n) is 2.56. The van der Waals surface area contributed by atoms with Gasteiger partial charge in [-0.25, -0.2) is 13.6 Å². The average molecular weight is 366 g/mol. The first kappa shape index (κ1) is 17.9. The molecule has 0 bridgehead atoms. The van der Waals surface area contributed by atoms with Crippen molar-refractivity contribution < 1.29 is 8.42 Å². The largest absolute Gasteiger partial charge is 0.281 e. The third-order valence-electron chi connectivity index (χ3n) is 3.86. The number of nitrogens with zero attached hydrogens (tertiary/aromatic N) is 2. The summed E-state index contributed by atoms with van der Waals surface area (Å²) in [4.78, 5) is 4.24. The second-order valence-corrected chi connectivity index (χ2v) is 7.35. The molecule has 7 heteroatoms. The van der Waals surface area contributed by atoms with Gasteiger partial charge in [0.25, 0.3) is 0 Å². The Kier molecular flexibility index (Phi) is 4.89. The molecule has 0 atom stereocenters. The lowest BCUT2D eigenvalue weighted by Crippen LogP contribution is -2.11. The summed E-state index contributed by atoms with van der Waals surface area (Å²) >= 11 is 0. The van der Waals surface area contributed by atoms with Crippen molar-refractivity contribution in [2.75, 3.05) is 0 Å². The summed E-state index contributed by atoms with van der Waals surface area (Å²) in [5.41, 5.74) is 4.85. The highest BCUT2D eigenvalue weighted by Gasteiger charge is 2.12. The molecule has 2 aromatic heterocycles. The summed E-state index contributed by atoms with van der Waals surface area (Å²) in [6, 6.07) is 10.1. The van der Waals surface area contributed by atoms with Crippen LogP contribution in [-0.2, 0) is 16.4 Å². The third kappa shape index (κ3) is 3.82. The first-order chi connectivity index (χ1) is 12.4. The molecule has 3 aromatic rings. The summed E-state index contributed by atoms with van der Waals surface area (Å²) in [6.45, 7) is 3.93. The van der Waals surface area contributed by atoms with Crippen LogP contribution in [0.3, 0.4) is 0 Å². The van der Waals surface area contributed by atoms with Crippen LogP contribution in [0.5, 0.6) is 0 Å². The van der Waals surface area contributed by atoms with Crippen LogP contribution < -0.4 is 5.14 Å². The lowest BCUT2D eigenvalue weighted by Gasteiger charge is -2.00. The Morgan fingerprint density at radius 3 is 2.69 bits per heavy atom. The quantitative estimate of drug-likeness (QED) is 0.695. The topological polar surface area (TPSA) is 102 Å². The van der Waals surface area contributed by atoms with Crippen molar-refractivity contribution in [2.45, 2.75) is 25.2 Å². The van der Waals surface area contributed by atoms with Crippen molar-refractivity contribution in [3.05, 3.63) is 65.1 Å². The van der Waals surface area contributed by atoms with Crippen LogP contribution in [0.4, 0.5) is 0 Å². The van der Waals surface area contributed by atoms with Crippen LogP contribution in [0, 0.1) is 18.8 Å². The van der Waals surface area contributed by atoms with Crippen LogP contribution in [0.2, 0.25) is 0 Å². The second-order valence-electron chi connectivity index (χ2n) is 5.79. The Balaban J connectivity index is 2.07. The maximum absolute atomic E-state index is 11.5. The van der Waals surface area contributed by atoms with Gasteiger partial charge in [-0.1, -0.05) is 24.8 Å². The maximum Gasteiger partial charge on any atom is 0.238 e. The number of hydrogen-bond acceptors (Lipinski definition) is 4. The zero-order valence-electron chi connectivity index (χ0n) is 14.4. The van der Waals surface area contributed by atoms with Crippen molar-refractivity contribution in [3.8, 4) is 23.1 Å². The SMILES string of the molecule is CCc1[nH]nc(-c2ccnc(C)c2)c1C#Cc1cccc(S(N)(=O)=O)c1. The Morgan fingerprint density at radius 1 is 1.19 bits per heavy atom. The molecule has 0 saturated heterocycles. The number of primary sulfonamides is 1. The predicted molar refractivity (Wildman–Crippen MR) is 99.7 cm³/mol. The molecule has 26 heavy (non-hydrogen) atoms. The smallest absolute Gasteiger partial charge is 0.238 e. The minimum absolute atomic E-state index is 0.0391. The van der Waals surface area contributed by atoms with Gasteiger partial charge in [-0.15, -0.1) is 0 Å². The second kappa shape index (κ2) is 7.12. The molecule has 0 radical (unpaired) electrons. The van der Waals surface area contributed by atoms with E-state index >= 15 is 0 Å². The van der Waals surface area contributed by atoms with Crippen LogP contribution in [0.1, 0.15) is 29.4 Å². The van der Waals surface area contributed by atoms with Crippen LogP contribution in [0.15, 0.2) is 47.5 Å². The number of nitrogens with one attached hydrogen (secondary N) is 1. The number of H-pyrrole nitrogens is 1. The minimum Gasteiger partial charge on any atom is -0.281 e. The molecule has 0 saturated carbocycles. The molecule has 0 aliphatic carbocycles. The Labute approximate surface area is 152 Å². The molecular formula is C19H18N4O2S. The molecule has 0 spiro atoms. The van der Waals surface area contributed by atoms with E-state index in [1.54, 1.807) is 18.3 Å². The molecule has 3 rings (SSSR count). The number of aromatic nitrogens is 3. The van der Waals surface area contributed by atoms with E-state index in [4.69, 9.17) is 5.14 Å². The number of nitrogens with two attached hydrogens (primary N) is 1. The van der Waals surface area contributed by atoms with Gasteiger partial charge in [-0.05, 0) is 43.7 Å². The molecule has 0 fully saturated rings. The van der Waals surface area contributed by atoms with Gasteiger partial charge in [0.1, 0.15) is 5.69 Å². The van der Waals surface area contributed by atoms with Gasteiger partial charge >= 0.3 is 0 Å². The molecule has 0 unspecified atom stereocenters. The molecule has 0 amide bonds. The number of pyridine rings is 1. The van der Waals surface area contributed by atoms with E-state index in [1.807, 2.05) is 26.0 Å². The highest BCUT2D eigenvalue weighted by molar-refractivity contribution is 7.89. The van der Waals surface area contributed by atoms with E-state index in [0.29, 0.717) is 5.56 Å². The van der Waals surface area contributed by atoms with E-state index in [-0.39, 0.29) is 4.90 Å². The molecular weight excluding hydrogens is 348 g/mol. The number of hydrogen-bond donors (Lipinski definition) is 2. The summed E-state index contributed by atoms with van der Waals surface area (Å²) in [5, 5.41) is 12.6. The Morgan fingerprint density at radius 2 is 2.00 bits per heavy atom. The molecule has 132 valence electrons. The fourth-order valence-corrected chi connectivity index (χ4v) is 3.12. The molecule has 1 aromatic carbocycles. The van der Waals surface area contributed by atoms with Crippen molar-refractivity contribution in [1.29, 1.82) is 0 Å². The summed E-state index contributed by atoms with van der Waals surface area (Å²) < 4.78 is 23.0. The van der Waals surface area contributed by atoms with Crippen LogP contribution in [-0.4, -0.2) is 23.6 Å². The van der Waals surface area contributed by atoms with Gasteiger partial charge in [0.05, 0.1) is 16.2 Å². The lowest BCUT2D eigenvalue weighted by molar-refractivity contribution is 0.598. The summed E-state index contributed by atoms with van der Waals surface area (Å²) in [5.74, 6) is 6.14. The van der Waals surface area contributed by atoms with E-state index in [0.717, 1.165) is 34.6 Å².